The van der Waals surface area contributed by atoms with E-state index in [1.165, 1.54) is 17.0 Å². The second-order valence-electron chi connectivity index (χ2n) is 9.94. The summed E-state index contributed by atoms with van der Waals surface area (Å²) in [4.78, 5) is 14.6. The van der Waals surface area contributed by atoms with Crippen molar-refractivity contribution in [1.29, 1.82) is 0 Å². The minimum atomic E-state index is -5.09. The summed E-state index contributed by atoms with van der Waals surface area (Å²) < 4.78 is 93.5. The largest absolute Gasteiger partial charge is 0.419 e. The second-order valence-corrected chi connectivity index (χ2v) is 10.3. The maximum atomic E-state index is 14.1. The molecule has 0 aliphatic rings. The van der Waals surface area contributed by atoms with Crippen LogP contribution in [-0.2, 0) is 30.7 Å². The lowest BCUT2D eigenvalue weighted by atomic mass is 9.87. The normalized spacial score (nSPS) is 12.5. The predicted molar refractivity (Wildman–Crippen MR) is 131 cm³/mol. The lowest BCUT2D eigenvalue weighted by Crippen LogP contribution is -2.33. The van der Waals surface area contributed by atoms with Gasteiger partial charge in [0.1, 0.15) is 0 Å². The molecule has 1 amide bonds. The van der Waals surface area contributed by atoms with Crippen molar-refractivity contribution < 1.29 is 35.5 Å². The zero-order valence-corrected chi connectivity index (χ0v) is 21.5. The number of halogens is 8. The van der Waals surface area contributed by atoms with E-state index in [-0.39, 0.29) is 30.5 Å². The molecular formula is C28H25ClF7NO. The fourth-order valence-corrected chi connectivity index (χ4v) is 4.07. The fourth-order valence-electron chi connectivity index (χ4n) is 3.85. The van der Waals surface area contributed by atoms with Crippen LogP contribution in [0.3, 0.4) is 0 Å². The van der Waals surface area contributed by atoms with E-state index < -0.39 is 45.8 Å². The average molecular weight is 560 g/mol. The molecule has 3 aromatic rings. The van der Waals surface area contributed by atoms with Crippen LogP contribution in [0.15, 0.2) is 60.7 Å². The summed E-state index contributed by atoms with van der Waals surface area (Å²) in [5.74, 6) is -2.56. The van der Waals surface area contributed by atoms with Crippen molar-refractivity contribution in [3.05, 3.63) is 105 Å². The first-order chi connectivity index (χ1) is 17.5. The van der Waals surface area contributed by atoms with E-state index in [1.807, 2.05) is 32.9 Å². The molecule has 3 aromatic carbocycles. The molecule has 10 heteroatoms. The van der Waals surface area contributed by atoms with Crippen molar-refractivity contribution in [3.63, 3.8) is 0 Å². The Balaban J connectivity index is 1.96. The molecule has 0 saturated heterocycles. The summed E-state index contributed by atoms with van der Waals surface area (Å²) in [5.41, 5.74) is -1.21. The SMILES string of the molecule is CC(C)(C)c1ccc(CN(CCc2cccc(C(F)(F)F)c2)C(=O)c2cc(Cl)c(F)c(C(F)(F)F)c2)cc1. The van der Waals surface area contributed by atoms with Gasteiger partial charge in [-0.05, 0) is 46.7 Å². The highest BCUT2D eigenvalue weighted by atomic mass is 35.5. The summed E-state index contributed by atoms with van der Waals surface area (Å²) in [6.07, 6.45) is -9.65. The number of carbonyl (C=O) groups is 1. The molecule has 204 valence electrons. The van der Waals surface area contributed by atoms with Crippen molar-refractivity contribution in [1.82, 2.24) is 4.90 Å². The summed E-state index contributed by atoms with van der Waals surface area (Å²) in [6, 6.07) is 13.0. The molecule has 0 spiro atoms. The molecule has 0 atom stereocenters. The highest BCUT2D eigenvalue weighted by Crippen LogP contribution is 2.35. The monoisotopic (exact) mass is 559 g/mol. The zero-order valence-electron chi connectivity index (χ0n) is 20.8. The van der Waals surface area contributed by atoms with Gasteiger partial charge in [-0.3, -0.25) is 4.79 Å². The van der Waals surface area contributed by atoms with Gasteiger partial charge in [0.05, 0.1) is 16.1 Å². The average Bonchev–Trinajstić information content (AvgIpc) is 2.81. The Morgan fingerprint density at radius 1 is 0.816 bits per heavy atom. The summed E-state index contributed by atoms with van der Waals surface area (Å²) in [6.45, 7) is 5.90. The number of benzene rings is 3. The van der Waals surface area contributed by atoms with E-state index in [4.69, 9.17) is 11.6 Å². The predicted octanol–water partition coefficient (Wildman–Crippen LogP) is 8.70. The molecule has 0 saturated carbocycles. The van der Waals surface area contributed by atoms with Crippen molar-refractivity contribution in [3.8, 4) is 0 Å². The van der Waals surface area contributed by atoms with Crippen molar-refractivity contribution in [2.45, 2.75) is 51.5 Å². The highest BCUT2D eigenvalue weighted by Gasteiger charge is 2.36. The molecule has 0 fully saturated rings. The van der Waals surface area contributed by atoms with Gasteiger partial charge in [-0.15, -0.1) is 0 Å². The van der Waals surface area contributed by atoms with Gasteiger partial charge in [0.25, 0.3) is 5.91 Å². The second kappa shape index (κ2) is 11.0. The molecule has 0 N–H and O–H groups in total. The van der Waals surface area contributed by atoms with Gasteiger partial charge >= 0.3 is 12.4 Å². The van der Waals surface area contributed by atoms with Crippen LogP contribution in [0.5, 0.6) is 0 Å². The number of alkyl halides is 6. The molecular weight excluding hydrogens is 535 g/mol. The zero-order chi connectivity index (χ0) is 28.5. The third-order valence-electron chi connectivity index (χ3n) is 5.99. The number of hydrogen-bond donors (Lipinski definition) is 0. The quantitative estimate of drug-likeness (QED) is 0.277. The van der Waals surface area contributed by atoms with Gasteiger partial charge in [-0.1, -0.05) is 74.8 Å². The first kappa shape index (κ1) is 29.5. The van der Waals surface area contributed by atoms with Gasteiger partial charge in [0.2, 0.25) is 0 Å². The van der Waals surface area contributed by atoms with Crippen LogP contribution in [0.2, 0.25) is 5.02 Å². The molecule has 0 aliphatic carbocycles. The molecule has 38 heavy (non-hydrogen) atoms. The van der Waals surface area contributed by atoms with Gasteiger partial charge in [0, 0.05) is 18.7 Å². The first-order valence-corrected chi connectivity index (χ1v) is 12.0. The Hall–Kier alpha value is -3.07. The highest BCUT2D eigenvalue weighted by molar-refractivity contribution is 6.31. The Bertz CT molecular complexity index is 1290. The third kappa shape index (κ3) is 7.28. The van der Waals surface area contributed by atoms with Crippen LogP contribution < -0.4 is 0 Å². The topological polar surface area (TPSA) is 20.3 Å². The number of amides is 1. The minimum Gasteiger partial charge on any atom is -0.334 e. The summed E-state index contributed by atoms with van der Waals surface area (Å²) >= 11 is 5.67. The third-order valence-corrected chi connectivity index (χ3v) is 6.26. The van der Waals surface area contributed by atoms with Gasteiger partial charge < -0.3 is 4.90 Å². The molecule has 0 heterocycles. The molecule has 2 nitrogen and oxygen atoms in total. The summed E-state index contributed by atoms with van der Waals surface area (Å²) in [7, 11) is 0. The van der Waals surface area contributed by atoms with E-state index in [0.29, 0.717) is 11.6 Å². The molecule has 0 aliphatic heterocycles. The first-order valence-electron chi connectivity index (χ1n) is 11.6. The smallest absolute Gasteiger partial charge is 0.334 e. The minimum absolute atomic E-state index is 0.00319. The van der Waals surface area contributed by atoms with Crippen LogP contribution in [0, 0.1) is 5.82 Å². The van der Waals surface area contributed by atoms with Gasteiger partial charge in [0.15, 0.2) is 5.82 Å². The van der Waals surface area contributed by atoms with Crippen LogP contribution in [0.4, 0.5) is 30.7 Å². The van der Waals surface area contributed by atoms with E-state index in [2.05, 4.69) is 0 Å². The van der Waals surface area contributed by atoms with Crippen LogP contribution >= 0.6 is 11.6 Å². The number of hydrogen-bond acceptors (Lipinski definition) is 1. The van der Waals surface area contributed by atoms with Crippen LogP contribution in [0.25, 0.3) is 0 Å². The lowest BCUT2D eigenvalue weighted by molar-refractivity contribution is -0.140. The maximum absolute atomic E-state index is 14.1. The number of rotatable bonds is 6. The van der Waals surface area contributed by atoms with Gasteiger partial charge in [-0.25, -0.2) is 4.39 Å². The van der Waals surface area contributed by atoms with Crippen LogP contribution in [0.1, 0.15) is 58.9 Å². The summed E-state index contributed by atoms with van der Waals surface area (Å²) in [5, 5.41) is -0.865. The molecule has 3 rings (SSSR count). The fraction of sp³-hybridized carbons (Fsp3) is 0.321. The number of nitrogens with zero attached hydrogens (tertiary/aromatic N) is 1. The van der Waals surface area contributed by atoms with E-state index >= 15 is 0 Å². The Morgan fingerprint density at radius 2 is 1.45 bits per heavy atom. The van der Waals surface area contributed by atoms with Crippen molar-refractivity contribution >= 4 is 17.5 Å². The molecule has 0 aromatic heterocycles. The van der Waals surface area contributed by atoms with E-state index in [9.17, 15) is 35.5 Å². The number of carbonyl (C=O) groups excluding carboxylic acids is 1. The van der Waals surface area contributed by atoms with Crippen LogP contribution in [-0.4, -0.2) is 17.4 Å². The van der Waals surface area contributed by atoms with E-state index in [1.54, 1.807) is 12.1 Å². The van der Waals surface area contributed by atoms with Gasteiger partial charge in [-0.2, -0.15) is 26.3 Å². The lowest BCUT2D eigenvalue weighted by Gasteiger charge is -2.25. The Morgan fingerprint density at radius 3 is 2.00 bits per heavy atom. The molecule has 0 radical (unpaired) electrons. The Kier molecular flexibility index (Phi) is 8.51. The molecule has 0 unspecified atom stereocenters. The Labute approximate surface area is 221 Å². The molecule has 0 bridgehead atoms. The standard InChI is InChI=1S/C28H25ClF7NO/c1-26(2,3)20-9-7-18(8-10-20)16-37(12-11-17-5-4-6-21(13-17)27(31,32)33)25(38)19-14-22(28(34,35)36)24(30)23(29)15-19/h4-10,13-15H,11-12,16H2,1-3H3. The van der Waals surface area contributed by atoms with E-state index in [0.717, 1.165) is 23.8 Å². The maximum Gasteiger partial charge on any atom is 0.419 e. The van der Waals surface area contributed by atoms with Crippen molar-refractivity contribution in [2.24, 2.45) is 0 Å². The van der Waals surface area contributed by atoms with Crippen molar-refractivity contribution in [2.75, 3.05) is 6.54 Å².